The second-order valence-electron chi connectivity index (χ2n) is 5.11. The van der Waals surface area contributed by atoms with Crippen molar-refractivity contribution in [2.75, 3.05) is 5.32 Å². The SMILES string of the molecule is Cc1nc(C#N)cc(Nc2ccc3c(c2)CCCC3)n1. The molecule has 0 radical (unpaired) electrons. The lowest BCUT2D eigenvalue weighted by atomic mass is 9.91. The first-order valence-electron chi connectivity index (χ1n) is 6.89. The van der Waals surface area contributed by atoms with Crippen LogP contribution in [0.1, 0.15) is 35.5 Å². The summed E-state index contributed by atoms with van der Waals surface area (Å²) in [5, 5.41) is 12.2. The van der Waals surface area contributed by atoms with Crippen LogP contribution in [0.3, 0.4) is 0 Å². The Morgan fingerprint density at radius 2 is 1.90 bits per heavy atom. The van der Waals surface area contributed by atoms with Gasteiger partial charge in [-0.3, -0.25) is 0 Å². The molecule has 4 nitrogen and oxygen atoms in total. The van der Waals surface area contributed by atoms with Gasteiger partial charge in [-0.15, -0.1) is 0 Å². The minimum atomic E-state index is 0.387. The Hall–Kier alpha value is -2.41. The van der Waals surface area contributed by atoms with Gasteiger partial charge in [0.25, 0.3) is 0 Å². The molecule has 0 fully saturated rings. The Kier molecular flexibility index (Phi) is 3.34. The predicted octanol–water partition coefficient (Wildman–Crippen LogP) is 3.28. The van der Waals surface area contributed by atoms with Gasteiger partial charge >= 0.3 is 0 Å². The quantitative estimate of drug-likeness (QED) is 0.904. The van der Waals surface area contributed by atoms with E-state index in [2.05, 4.69) is 39.6 Å². The molecule has 1 aliphatic carbocycles. The van der Waals surface area contributed by atoms with Crippen LogP contribution in [0.15, 0.2) is 24.3 Å². The molecule has 0 amide bonds. The van der Waals surface area contributed by atoms with Crippen LogP contribution in [-0.2, 0) is 12.8 Å². The highest BCUT2D eigenvalue weighted by atomic mass is 15.0. The Bertz CT molecular complexity index is 685. The van der Waals surface area contributed by atoms with E-state index in [0.717, 1.165) is 12.1 Å². The van der Waals surface area contributed by atoms with Crippen LogP contribution >= 0.6 is 0 Å². The summed E-state index contributed by atoms with van der Waals surface area (Å²) in [6.45, 7) is 1.79. The Labute approximate surface area is 118 Å². The first kappa shape index (κ1) is 12.6. The summed E-state index contributed by atoms with van der Waals surface area (Å²) < 4.78 is 0. The molecule has 3 rings (SSSR count). The average molecular weight is 264 g/mol. The van der Waals surface area contributed by atoms with Crippen molar-refractivity contribution in [1.82, 2.24) is 9.97 Å². The maximum absolute atomic E-state index is 8.94. The lowest BCUT2D eigenvalue weighted by Gasteiger charge is -2.17. The van der Waals surface area contributed by atoms with E-state index in [1.165, 1.54) is 30.4 Å². The van der Waals surface area contributed by atoms with Crippen LogP contribution in [0.25, 0.3) is 0 Å². The molecule has 4 heteroatoms. The molecule has 0 spiro atoms. The number of hydrogen-bond donors (Lipinski definition) is 1. The number of nitrogens with zero attached hydrogens (tertiary/aromatic N) is 3. The molecule has 1 aliphatic rings. The van der Waals surface area contributed by atoms with E-state index in [-0.39, 0.29) is 0 Å². The Morgan fingerprint density at radius 1 is 1.10 bits per heavy atom. The number of nitrogens with one attached hydrogen (secondary N) is 1. The van der Waals surface area contributed by atoms with Crippen LogP contribution in [0, 0.1) is 18.3 Å². The molecule has 2 aromatic rings. The number of hydrogen-bond acceptors (Lipinski definition) is 4. The molecular formula is C16H16N4. The van der Waals surface area contributed by atoms with Crippen molar-refractivity contribution in [3.05, 3.63) is 46.9 Å². The summed E-state index contributed by atoms with van der Waals surface area (Å²) in [5.41, 5.74) is 4.29. The van der Waals surface area contributed by atoms with Crippen LogP contribution in [0.4, 0.5) is 11.5 Å². The van der Waals surface area contributed by atoms with Crippen molar-refractivity contribution in [2.45, 2.75) is 32.6 Å². The fourth-order valence-corrected chi connectivity index (χ4v) is 2.65. The number of anilines is 2. The molecule has 1 aromatic heterocycles. The number of rotatable bonds is 2. The van der Waals surface area contributed by atoms with Gasteiger partial charge in [0.2, 0.25) is 0 Å². The summed E-state index contributed by atoms with van der Waals surface area (Å²) in [7, 11) is 0. The van der Waals surface area contributed by atoms with Gasteiger partial charge in [0.1, 0.15) is 23.4 Å². The minimum absolute atomic E-state index is 0.387. The fourth-order valence-electron chi connectivity index (χ4n) is 2.65. The van der Waals surface area contributed by atoms with E-state index in [9.17, 15) is 0 Å². The van der Waals surface area contributed by atoms with Crippen LogP contribution < -0.4 is 5.32 Å². The van der Waals surface area contributed by atoms with Gasteiger partial charge in [-0.25, -0.2) is 9.97 Å². The number of aryl methyl sites for hydroxylation is 3. The van der Waals surface area contributed by atoms with Crippen LogP contribution in [-0.4, -0.2) is 9.97 Å². The van der Waals surface area contributed by atoms with Crippen molar-refractivity contribution < 1.29 is 0 Å². The van der Waals surface area contributed by atoms with Gasteiger partial charge in [0.05, 0.1) is 0 Å². The highest BCUT2D eigenvalue weighted by Gasteiger charge is 2.10. The monoisotopic (exact) mass is 264 g/mol. The summed E-state index contributed by atoms with van der Waals surface area (Å²) in [6.07, 6.45) is 4.88. The molecule has 1 N–H and O–H groups in total. The van der Waals surface area contributed by atoms with Gasteiger partial charge in [0.15, 0.2) is 0 Å². The fraction of sp³-hybridized carbons (Fsp3) is 0.312. The molecular weight excluding hydrogens is 248 g/mol. The minimum Gasteiger partial charge on any atom is -0.340 e. The lowest BCUT2D eigenvalue weighted by Crippen LogP contribution is -2.04. The standard InChI is InChI=1S/C16H16N4/c1-11-18-15(10-17)9-16(19-11)20-14-7-6-12-4-2-3-5-13(12)8-14/h6-9H,2-5H2,1H3,(H,18,19,20). The zero-order chi connectivity index (χ0) is 13.9. The van der Waals surface area contributed by atoms with E-state index in [4.69, 9.17) is 5.26 Å². The Balaban J connectivity index is 1.88. The zero-order valence-corrected chi connectivity index (χ0v) is 11.5. The molecule has 0 aliphatic heterocycles. The van der Waals surface area contributed by atoms with E-state index < -0.39 is 0 Å². The summed E-state index contributed by atoms with van der Waals surface area (Å²) >= 11 is 0. The molecule has 0 saturated heterocycles. The van der Waals surface area contributed by atoms with Crippen molar-refractivity contribution in [1.29, 1.82) is 5.26 Å². The average Bonchev–Trinajstić information content (AvgIpc) is 2.46. The van der Waals surface area contributed by atoms with Gasteiger partial charge in [-0.1, -0.05) is 6.07 Å². The molecule has 1 aromatic carbocycles. The number of nitriles is 1. The maximum Gasteiger partial charge on any atom is 0.146 e. The van der Waals surface area contributed by atoms with Crippen molar-refractivity contribution >= 4 is 11.5 Å². The molecule has 100 valence electrons. The lowest BCUT2D eigenvalue weighted by molar-refractivity contribution is 0.686. The zero-order valence-electron chi connectivity index (χ0n) is 11.5. The van der Waals surface area contributed by atoms with Gasteiger partial charge in [0, 0.05) is 11.8 Å². The van der Waals surface area contributed by atoms with Crippen LogP contribution in [0.5, 0.6) is 0 Å². The van der Waals surface area contributed by atoms with Gasteiger partial charge in [-0.2, -0.15) is 5.26 Å². The Morgan fingerprint density at radius 3 is 2.70 bits per heavy atom. The molecule has 0 unspecified atom stereocenters. The predicted molar refractivity (Wildman–Crippen MR) is 77.9 cm³/mol. The van der Waals surface area contributed by atoms with Crippen LogP contribution in [0.2, 0.25) is 0 Å². The molecule has 0 saturated carbocycles. The highest BCUT2D eigenvalue weighted by molar-refractivity contribution is 5.59. The van der Waals surface area contributed by atoms with Crippen molar-refractivity contribution in [2.24, 2.45) is 0 Å². The number of fused-ring (bicyclic) bond motifs is 1. The number of benzene rings is 1. The summed E-state index contributed by atoms with van der Waals surface area (Å²) in [5.74, 6) is 1.27. The van der Waals surface area contributed by atoms with Gasteiger partial charge in [-0.05, 0) is 55.9 Å². The van der Waals surface area contributed by atoms with Gasteiger partial charge < -0.3 is 5.32 Å². The highest BCUT2D eigenvalue weighted by Crippen LogP contribution is 2.25. The molecule has 20 heavy (non-hydrogen) atoms. The molecule has 0 atom stereocenters. The molecule has 1 heterocycles. The summed E-state index contributed by atoms with van der Waals surface area (Å²) in [6, 6.07) is 10.2. The maximum atomic E-state index is 8.94. The third kappa shape index (κ3) is 2.62. The smallest absolute Gasteiger partial charge is 0.146 e. The second kappa shape index (κ2) is 5.30. The van der Waals surface area contributed by atoms with Crippen molar-refractivity contribution in [3.8, 4) is 6.07 Å². The van der Waals surface area contributed by atoms with E-state index in [0.29, 0.717) is 17.3 Å². The summed E-state index contributed by atoms with van der Waals surface area (Å²) in [4.78, 5) is 8.37. The van der Waals surface area contributed by atoms with Crippen molar-refractivity contribution in [3.63, 3.8) is 0 Å². The topological polar surface area (TPSA) is 61.6 Å². The largest absolute Gasteiger partial charge is 0.340 e. The second-order valence-corrected chi connectivity index (χ2v) is 5.11. The third-order valence-electron chi connectivity index (χ3n) is 3.57. The molecule has 0 bridgehead atoms. The normalized spacial score (nSPS) is 13.4. The first-order chi connectivity index (χ1) is 9.74. The third-order valence-corrected chi connectivity index (χ3v) is 3.57. The first-order valence-corrected chi connectivity index (χ1v) is 6.89. The number of aromatic nitrogens is 2. The van der Waals surface area contributed by atoms with E-state index in [1.54, 1.807) is 13.0 Å². The van der Waals surface area contributed by atoms with E-state index >= 15 is 0 Å². The van der Waals surface area contributed by atoms with E-state index in [1.807, 2.05) is 0 Å².